The fraction of sp³-hybridized carbons (Fsp3) is 0.211. The molecule has 3 rings (SSSR count). The number of aromatic nitrogens is 1. The molecule has 0 N–H and O–H groups in total. The zero-order valence-corrected chi connectivity index (χ0v) is 16.0. The van der Waals surface area contributed by atoms with Gasteiger partial charge < -0.3 is 14.0 Å². The third kappa shape index (κ3) is 3.48. The van der Waals surface area contributed by atoms with Crippen LogP contribution in [0.25, 0.3) is 10.9 Å². The molecule has 0 saturated heterocycles. The van der Waals surface area contributed by atoms with Gasteiger partial charge in [0, 0.05) is 11.9 Å². The van der Waals surface area contributed by atoms with Gasteiger partial charge in [0.1, 0.15) is 11.4 Å². The van der Waals surface area contributed by atoms with Crippen LogP contribution in [0.15, 0.2) is 53.4 Å². The van der Waals surface area contributed by atoms with Gasteiger partial charge in [-0.15, -0.1) is 0 Å². The van der Waals surface area contributed by atoms with E-state index >= 15 is 0 Å². The molecule has 0 aliphatic rings. The number of esters is 1. The number of methoxy groups -OCH3 is 1. The lowest BCUT2D eigenvalue weighted by Crippen LogP contribution is -2.14. The van der Waals surface area contributed by atoms with Crippen molar-refractivity contribution in [2.45, 2.75) is 18.4 Å². The van der Waals surface area contributed by atoms with Gasteiger partial charge in [-0.2, -0.15) is 0 Å². The standard InChI is InChI=1S/C19H18ClNO4S/c1-3-25-19(22)17-18(26(20)23)15-11-14(24-2)9-10-16(15)21(17)12-13-7-5-4-6-8-13/h4-11H,3,12H2,1-2H3. The lowest BCUT2D eigenvalue weighted by molar-refractivity contribution is 0.0510. The summed E-state index contributed by atoms with van der Waals surface area (Å²) in [5.41, 5.74) is 1.94. The SMILES string of the molecule is CCOC(=O)c1c(S(=O)Cl)c2cc(OC)ccc2n1Cc1ccccc1. The van der Waals surface area contributed by atoms with Crippen molar-refractivity contribution >= 4 is 37.6 Å². The Morgan fingerprint density at radius 3 is 2.54 bits per heavy atom. The monoisotopic (exact) mass is 391 g/mol. The van der Waals surface area contributed by atoms with Gasteiger partial charge in [0.15, 0.2) is 10.0 Å². The molecule has 1 atom stereocenters. The van der Waals surface area contributed by atoms with E-state index < -0.39 is 16.0 Å². The van der Waals surface area contributed by atoms with Crippen molar-refractivity contribution in [2.24, 2.45) is 0 Å². The average Bonchev–Trinajstić information content (AvgIpc) is 2.96. The van der Waals surface area contributed by atoms with Crippen LogP contribution < -0.4 is 4.74 Å². The Hall–Kier alpha value is -2.31. The Balaban J connectivity index is 2.30. The maximum absolute atomic E-state index is 12.6. The van der Waals surface area contributed by atoms with Crippen LogP contribution >= 0.6 is 10.7 Å². The topological polar surface area (TPSA) is 57.5 Å². The van der Waals surface area contributed by atoms with E-state index in [-0.39, 0.29) is 17.2 Å². The molecule has 0 aliphatic carbocycles. The smallest absolute Gasteiger partial charge is 0.356 e. The van der Waals surface area contributed by atoms with E-state index in [1.165, 1.54) is 0 Å². The van der Waals surface area contributed by atoms with Crippen molar-refractivity contribution in [2.75, 3.05) is 13.7 Å². The average molecular weight is 392 g/mol. The van der Waals surface area contributed by atoms with Crippen LogP contribution in [0.4, 0.5) is 0 Å². The Kier molecular flexibility index (Phi) is 5.64. The van der Waals surface area contributed by atoms with Gasteiger partial charge in [-0.1, -0.05) is 30.3 Å². The number of ether oxygens (including phenoxy) is 2. The number of hydrogen-bond acceptors (Lipinski definition) is 4. The van der Waals surface area contributed by atoms with Crippen molar-refractivity contribution in [3.8, 4) is 5.75 Å². The third-order valence-corrected chi connectivity index (χ3v) is 5.23. The van der Waals surface area contributed by atoms with E-state index in [1.54, 1.807) is 30.7 Å². The molecule has 0 bridgehead atoms. The highest BCUT2D eigenvalue weighted by atomic mass is 35.7. The summed E-state index contributed by atoms with van der Waals surface area (Å²) in [6, 6.07) is 15.0. The quantitative estimate of drug-likeness (QED) is 0.468. The van der Waals surface area contributed by atoms with Crippen molar-refractivity contribution < 1.29 is 18.5 Å². The minimum Gasteiger partial charge on any atom is -0.497 e. The van der Waals surface area contributed by atoms with E-state index in [0.717, 1.165) is 11.1 Å². The molecular formula is C19H18ClNO4S. The lowest BCUT2D eigenvalue weighted by atomic mass is 10.2. The Labute approximate surface area is 158 Å². The highest BCUT2D eigenvalue weighted by Crippen LogP contribution is 2.34. The number of nitrogens with zero attached hydrogens (tertiary/aromatic N) is 1. The van der Waals surface area contributed by atoms with Gasteiger partial charge in [0.05, 0.1) is 24.1 Å². The first-order valence-corrected chi connectivity index (χ1v) is 10.0. The fourth-order valence-electron chi connectivity index (χ4n) is 2.92. The van der Waals surface area contributed by atoms with Gasteiger partial charge >= 0.3 is 5.97 Å². The molecule has 5 nitrogen and oxygen atoms in total. The zero-order chi connectivity index (χ0) is 18.7. The second-order valence-electron chi connectivity index (χ2n) is 5.58. The summed E-state index contributed by atoms with van der Waals surface area (Å²) < 4.78 is 24.5. The molecule has 2 aromatic carbocycles. The van der Waals surface area contributed by atoms with Crippen LogP contribution in [0.3, 0.4) is 0 Å². The molecule has 0 aliphatic heterocycles. The number of halogens is 1. The predicted molar refractivity (Wildman–Crippen MR) is 102 cm³/mol. The Bertz CT molecular complexity index is 969. The first kappa shape index (κ1) is 18.5. The molecule has 0 saturated carbocycles. The van der Waals surface area contributed by atoms with E-state index in [9.17, 15) is 9.00 Å². The molecule has 0 radical (unpaired) electrons. The van der Waals surface area contributed by atoms with Crippen LogP contribution in [0.1, 0.15) is 23.0 Å². The summed E-state index contributed by atoms with van der Waals surface area (Å²) >= 11 is 0. The molecule has 1 unspecified atom stereocenters. The summed E-state index contributed by atoms with van der Waals surface area (Å²) in [6.07, 6.45) is 0. The Morgan fingerprint density at radius 2 is 1.92 bits per heavy atom. The minimum absolute atomic E-state index is 0.201. The van der Waals surface area contributed by atoms with E-state index in [2.05, 4.69) is 0 Å². The largest absolute Gasteiger partial charge is 0.497 e. The summed E-state index contributed by atoms with van der Waals surface area (Å²) in [7, 11) is 5.61. The van der Waals surface area contributed by atoms with Crippen LogP contribution in [0, 0.1) is 0 Å². The first-order valence-electron chi connectivity index (χ1n) is 8.06. The second-order valence-corrected chi connectivity index (χ2v) is 7.27. The molecule has 1 aromatic heterocycles. The summed E-state index contributed by atoms with van der Waals surface area (Å²) in [5.74, 6) is 0.0377. The maximum atomic E-state index is 12.6. The minimum atomic E-state index is -1.89. The Morgan fingerprint density at radius 1 is 1.19 bits per heavy atom. The summed E-state index contributed by atoms with van der Waals surface area (Å²) in [6.45, 7) is 2.36. The number of carbonyl (C=O) groups is 1. The molecule has 0 fully saturated rings. The van der Waals surface area contributed by atoms with Gasteiger partial charge in [-0.3, -0.25) is 0 Å². The lowest BCUT2D eigenvalue weighted by Gasteiger charge is -2.11. The van der Waals surface area contributed by atoms with Crippen LogP contribution in [-0.4, -0.2) is 28.5 Å². The van der Waals surface area contributed by atoms with Crippen LogP contribution in [0.2, 0.25) is 0 Å². The summed E-state index contributed by atoms with van der Waals surface area (Å²) in [4.78, 5) is 12.9. The van der Waals surface area contributed by atoms with Crippen molar-refractivity contribution in [3.63, 3.8) is 0 Å². The van der Waals surface area contributed by atoms with Gasteiger partial charge in [-0.25, -0.2) is 9.00 Å². The zero-order valence-electron chi connectivity index (χ0n) is 14.4. The number of fused-ring (bicyclic) bond motifs is 1. The van der Waals surface area contributed by atoms with Crippen LogP contribution in [-0.2, 0) is 21.3 Å². The molecule has 136 valence electrons. The molecule has 0 spiro atoms. The van der Waals surface area contributed by atoms with Crippen molar-refractivity contribution in [1.29, 1.82) is 0 Å². The number of hydrogen-bond donors (Lipinski definition) is 0. The highest BCUT2D eigenvalue weighted by Gasteiger charge is 2.27. The highest BCUT2D eigenvalue weighted by molar-refractivity contribution is 8.08. The van der Waals surface area contributed by atoms with Gasteiger partial charge in [0.2, 0.25) is 0 Å². The van der Waals surface area contributed by atoms with Crippen molar-refractivity contribution in [3.05, 3.63) is 59.8 Å². The second kappa shape index (κ2) is 7.93. The first-order chi connectivity index (χ1) is 12.6. The van der Waals surface area contributed by atoms with Gasteiger partial charge in [0.25, 0.3) is 0 Å². The number of carbonyl (C=O) groups excluding carboxylic acids is 1. The van der Waals surface area contributed by atoms with E-state index in [0.29, 0.717) is 17.7 Å². The molecule has 7 heteroatoms. The molecular weight excluding hydrogens is 374 g/mol. The molecule has 1 heterocycles. The fourth-order valence-corrected chi connectivity index (χ4v) is 4.08. The summed E-state index contributed by atoms with van der Waals surface area (Å²) in [5, 5.41) is 0.608. The number of benzene rings is 2. The predicted octanol–water partition coefficient (Wildman–Crippen LogP) is 4.14. The van der Waals surface area contributed by atoms with Crippen LogP contribution in [0.5, 0.6) is 5.75 Å². The number of rotatable bonds is 6. The normalized spacial score (nSPS) is 12.1. The maximum Gasteiger partial charge on any atom is 0.356 e. The van der Waals surface area contributed by atoms with Crippen molar-refractivity contribution in [1.82, 2.24) is 4.57 Å². The molecule has 26 heavy (non-hydrogen) atoms. The van der Waals surface area contributed by atoms with Gasteiger partial charge in [-0.05, 0) is 41.4 Å². The third-order valence-electron chi connectivity index (χ3n) is 4.04. The molecule has 0 amide bonds. The molecule has 3 aromatic rings. The van der Waals surface area contributed by atoms with E-state index in [1.807, 2.05) is 36.4 Å². The van der Waals surface area contributed by atoms with E-state index in [4.69, 9.17) is 20.2 Å².